The third-order valence-corrected chi connectivity index (χ3v) is 4.19. The summed E-state index contributed by atoms with van der Waals surface area (Å²) in [6.07, 6.45) is 1.71. The molecule has 108 valence electrons. The summed E-state index contributed by atoms with van der Waals surface area (Å²) in [7, 11) is 0. The minimum absolute atomic E-state index is 0.551. The predicted octanol–water partition coefficient (Wildman–Crippen LogP) is 3.40. The number of nitrogen functional groups attached to an aromatic ring is 1. The van der Waals surface area contributed by atoms with E-state index in [-0.39, 0.29) is 0 Å². The highest BCUT2D eigenvalue weighted by molar-refractivity contribution is 7.99. The number of benzene rings is 1. The maximum atomic E-state index is 5.83. The van der Waals surface area contributed by atoms with Crippen LogP contribution in [-0.4, -0.2) is 21.6 Å². The van der Waals surface area contributed by atoms with Crippen molar-refractivity contribution in [2.45, 2.75) is 23.9 Å². The molecule has 21 heavy (non-hydrogen) atoms. The van der Waals surface area contributed by atoms with Crippen LogP contribution in [-0.2, 0) is 0 Å². The Hall–Kier alpha value is -2.21. The second kappa shape index (κ2) is 5.65. The van der Waals surface area contributed by atoms with E-state index in [0.717, 1.165) is 32.4 Å². The van der Waals surface area contributed by atoms with Crippen LogP contribution in [0.1, 0.15) is 12.5 Å². The molecule has 0 aliphatic carbocycles. The normalized spacial score (nSPS) is 11.0. The number of imidazole rings is 1. The van der Waals surface area contributed by atoms with Gasteiger partial charge >= 0.3 is 0 Å². The molecule has 0 atom stereocenters. The average Bonchev–Trinajstić information content (AvgIpc) is 2.86. The lowest BCUT2D eigenvalue weighted by Gasteiger charge is -2.04. The van der Waals surface area contributed by atoms with E-state index in [2.05, 4.69) is 15.0 Å². The number of pyridine rings is 1. The fraction of sp³-hybridized carbons (Fsp3) is 0.200. The molecule has 2 aromatic heterocycles. The van der Waals surface area contributed by atoms with Crippen molar-refractivity contribution in [3.05, 3.63) is 36.0 Å². The van der Waals surface area contributed by atoms with Crippen LogP contribution in [0, 0.1) is 6.92 Å². The van der Waals surface area contributed by atoms with Crippen molar-refractivity contribution in [2.75, 3.05) is 12.3 Å². The summed E-state index contributed by atoms with van der Waals surface area (Å²) in [4.78, 5) is 13.0. The minimum Gasteiger partial charge on any atom is -0.494 e. The monoisotopic (exact) mass is 300 g/mol. The SMILES string of the molecule is CCOc1ccc2[nH]c(Sc3ccnc(N)c3C)nc2c1. The number of ether oxygens (including phenoxy) is 1. The molecule has 1 aromatic carbocycles. The summed E-state index contributed by atoms with van der Waals surface area (Å²) in [5, 5.41) is 0.826. The van der Waals surface area contributed by atoms with Crippen LogP contribution in [0.3, 0.4) is 0 Å². The first kappa shape index (κ1) is 13.8. The van der Waals surface area contributed by atoms with Gasteiger partial charge in [-0.3, -0.25) is 0 Å². The van der Waals surface area contributed by atoms with Crippen molar-refractivity contribution in [2.24, 2.45) is 0 Å². The Morgan fingerprint density at radius 2 is 2.19 bits per heavy atom. The molecule has 2 heterocycles. The molecule has 3 aromatic rings. The molecule has 0 spiro atoms. The summed E-state index contributed by atoms with van der Waals surface area (Å²) in [6.45, 7) is 4.57. The Labute approximate surface area is 126 Å². The van der Waals surface area contributed by atoms with E-state index >= 15 is 0 Å². The quantitative estimate of drug-likeness (QED) is 0.772. The Kier molecular flexibility index (Phi) is 3.70. The van der Waals surface area contributed by atoms with Gasteiger partial charge in [0.25, 0.3) is 0 Å². The van der Waals surface area contributed by atoms with E-state index < -0.39 is 0 Å². The van der Waals surface area contributed by atoms with E-state index in [4.69, 9.17) is 10.5 Å². The molecule has 0 unspecified atom stereocenters. The van der Waals surface area contributed by atoms with Gasteiger partial charge in [0.05, 0.1) is 17.6 Å². The lowest BCUT2D eigenvalue weighted by Crippen LogP contribution is -1.94. The number of H-pyrrole nitrogens is 1. The van der Waals surface area contributed by atoms with Gasteiger partial charge in [-0.1, -0.05) is 11.8 Å². The number of hydrogen-bond acceptors (Lipinski definition) is 5. The molecular weight excluding hydrogens is 284 g/mol. The molecule has 0 saturated carbocycles. The molecule has 0 radical (unpaired) electrons. The number of anilines is 1. The van der Waals surface area contributed by atoms with Crippen molar-refractivity contribution in [1.82, 2.24) is 15.0 Å². The van der Waals surface area contributed by atoms with E-state index in [1.54, 1.807) is 18.0 Å². The maximum absolute atomic E-state index is 5.83. The summed E-state index contributed by atoms with van der Waals surface area (Å²) in [5.41, 5.74) is 8.68. The lowest BCUT2D eigenvalue weighted by atomic mass is 10.3. The summed E-state index contributed by atoms with van der Waals surface area (Å²) < 4.78 is 5.49. The van der Waals surface area contributed by atoms with Crippen LogP contribution in [0.25, 0.3) is 11.0 Å². The van der Waals surface area contributed by atoms with E-state index in [0.29, 0.717) is 12.4 Å². The number of fused-ring (bicyclic) bond motifs is 1. The van der Waals surface area contributed by atoms with Crippen molar-refractivity contribution >= 4 is 28.6 Å². The van der Waals surface area contributed by atoms with Gasteiger partial charge in [-0.15, -0.1) is 0 Å². The first-order valence-electron chi connectivity index (χ1n) is 6.69. The van der Waals surface area contributed by atoms with Crippen molar-refractivity contribution < 1.29 is 4.74 Å². The minimum atomic E-state index is 0.551. The highest BCUT2D eigenvalue weighted by atomic mass is 32.2. The Morgan fingerprint density at radius 3 is 3.00 bits per heavy atom. The third-order valence-electron chi connectivity index (χ3n) is 3.14. The zero-order valence-corrected chi connectivity index (χ0v) is 12.7. The highest BCUT2D eigenvalue weighted by Gasteiger charge is 2.09. The fourth-order valence-electron chi connectivity index (χ4n) is 2.02. The molecule has 0 aliphatic rings. The van der Waals surface area contributed by atoms with E-state index in [1.165, 1.54) is 0 Å². The van der Waals surface area contributed by atoms with E-state index in [1.807, 2.05) is 38.1 Å². The van der Waals surface area contributed by atoms with Crippen LogP contribution in [0.15, 0.2) is 40.5 Å². The van der Waals surface area contributed by atoms with Gasteiger partial charge in [0.15, 0.2) is 5.16 Å². The van der Waals surface area contributed by atoms with Gasteiger partial charge in [0.1, 0.15) is 11.6 Å². The summed E-state index contributed by atoms with van der Waals surface area (Å²) >= 11 is 1.55. The number of hydrogen-bond donors (Lipinski definition) is 2. The molecule has 0 saturated heterocycles. The second-order valence-electron chi connectivity index (χ2n) is 4.58. The number of nitrogens with zero attached hydrogens (tertiary/aromatic N) is 2. The standard InChI is InChI=1S/C15H16N4OS/c1-3-20-10-4-5-11-12(8-10)19-15(18-11)21-13-6-7-17-14(16)9(13)2/h4-8H,3H2,1-2H3,(H2,16,17)(H,18,19). The lowest BCUT2D eigenvalue weighted by molar-refractivity contribution is 0.340. The van der Waals surface area contributed by atoms with Gasteiger partial charge in [0.2, 0.25) is 0 Å². The Bertz CT molecular complexity index is 784. The van der Waals surface area contributed by atoms with Crippen molar-refractivity contribution in [3.8, 4) is 5.75 Å². The molecular formula is C15H16N4OS. The molecule has 0 aliphatic heterocycles. The third kappa shape index (κ3) is 2.80. The smallest absolute Gasteiger partial charge is 0.171 e. The zero-order chi connectivity index (χ0) is 14.8. The Morgan fingerprint density at radius 1 is 1.33 bits per heavy atom. The van der Waals surface area contributed by atoms with E-state index in [9.17, 15) is 0 Å². The second-order valence-corrected chi connectivity index (χ2v) is 5.61. The molecule has 0 fully saturated rings. The van der Waals surface area contributed by atoms with Gasteiger partial charge in [-0.25, -0.2) is 9.97 Å². The predicted molar refractivity (Wildman–Crippen MR) is 84.8 cm³/mol. The summed E-state index contributed by atoms with van der Waals surface area (Å²) in [5.74, 6) is 1.38. The van der Waals surface area contributed by atoms with Gasteiger partial charge < -0.3 is 15.5 Å². The van der Waals surface area contributed by atoms with Crippen LogP contribution >= 0.6 is 11.8 Å². The largest absolute Gasteiger partial charge is 0.494 e. The number of aromatic amines is 1. The van der Waals surface area contributed by atoms with Crippen molar-refractivity contribution in [3.63, 3.8) is 0 Å². The molecule has 0 bridgehead atoms. The first-order valence-corrected chi connectivity index (χ1v) is 7.50. The van der Waals surface area contributed by atoms with Crippen LogP contribution < -0.4 is 10.5 Å². The zero-order valence-electron chi connectivity index (χ0n) is 11.9. The molecule has 3 N–H and O–H groups in total. The number of rotatable bonds is 4. The van der Waals surface area contributed by atoms with Crippen molar-refractivity contribution in [1.29, 1.82) is 0 Å². The highest BCUT2D eigenvalue weighted by Crippen LogP contribution is 2.31. The summed E-state index contributed by atoms with van der Waals surface area (Å²) in [6, 6.07) is 7.79. The topological polar surface area (TPSA) is 76.8 Å². The number of aromatic nitrogens is 3. The number of nitrogens with one attached hydrogen (secondary N) is 1. The van der Waals surface area contributed by atoms with Crippen LogP contribution in [0.4, 0.5) is 5.82 Å². The van der Waals surface area contributed by atoms with Crippen LogP contribution in [0.5, 0.6) is 5.75 Å². The Balaban J connectivity index is 1.92. The average molecular weight is 300 g/mol. The van der Waals surface area contributed by atoms with Gasteiger partial charge in [-0.2, -0.15) is 0 Å². The first-order chi connectivity index (χ1) is 10.2. The molecule has 5 nitrogen and oxygen atoms in total. The maximum Gasteiger partial charge on any atom is 0.171 e. The van der Waals surface area contributed by atoms with Gasteiger partial charge in [0, 0.05) is 22.7 Å². The molecule has 6 heteroatoms. The fourth-order valence-corrected chi connectivity index (χ4v) is 2.91. The molecule has 3 rings (SSSR count). The number of nitrogens with two attached hydrogens (primary N) is 1. The van der Waals surface area contributed by atoms with Gasteiger partial charge in [-0.05, 0) is 32.0 Å². The molecule has 0 amide bonds. The van der Waals surface area contributed by atoms with Crippen LogP contribution in [0.2, 0.25) is 0 Å².